The van der Waals surface area contributed by atoms with Crippen molar-refractivity contribution in [2.75, 3.05) is 56.5 Å². The van der Waals surface area contributed by atoms with Gasteiger partial charge < -0.3 is 24.1 Å². The van der Waals surface area contributed by atoms with Crippen LogP contribution >= 0.6 is 35.3 Å². The zero-order chi connectivity index (χ0) is 34.9. The number of esters is 1. The molecular weight excluding hydrogens is 643 g/mol. The number of carbonyl (C=O) groups is 2. The first-order chi connectivity index (χ1) is 21.8. The van der Waals surface area contributed by atoms with Gasteiger partial charge in [-0.25, -0.2) is 9.59 Å². The van der Waals surface area contributed by atoms with E-state index in [4.69, 9.17) is 18.9 Å². The summed E-state index contributed by atoms with van der Waals surface area (Å²) in [6, 6.07) is 13.6. The minimum absolute atomic E-state index is 0.0169. The fourth-order valence-electron chi connectivity index (χ4n) is 3.04. The van der Waals surface area contributed by atoms with Gasteiger partial charge in [0.05, 0.1) is 6.61 Å². The monoisotopic (exact) mass is 693 g/mol. The minimum atomic E-state index is -0.896. The van der Waals surface area contributed by atoms with Crippen molar-refractivity contribution in [1.29, 1.82) is 0 Å². The maximum atomic E-state index is 11.6. The molecular formula is C35H51NO7S3. The van der Waals surface area contributed by atoms with E-state index in [1.165, 1.54) is 23.3 Å². The number of nitrogens with one attached hydrogen (secondary N) is 1. The molecule has 2 rings (SSSR count). The van der Waals surface area contributed by atoms with E-state index in [1.807, 2.05) is 74.5 Å². The molecule has 256 valence electrons. The summed E-state index contributed by atoms with van der Waals surface area (Å²) < 4.78 is 20.5. The zero-order valence-corrected chi connectivity index (χ0v) is 30.8. The van der Waals surface area contributed by atoms with Gasteiger partial charge in [-0.2, -0.15) is 23.5 Å². The number of allylic oxidation sites excluding steroid dienone is 1. The molecule has 0 aliphatic heterocycles. The largest absolute Gasteiger partial charge is 0.466 e. The Bertz CT molecular complexity index is 1240. The van der Waals surface area contributed by atoms with Crippen LogP contribution in [0.4, 0.5) is 10.5 Å². The lowest BCUT2D eigenvalue weighted by molar-refractivity contribution is -0.143. The first-order valence-electron chi connectivity index (χ1n) is 14.5. The molecule has 1 unspecified atom stereocenters. The number of thioether (sulfide) groups is 3. The van der Waals surface area contributed by atoms with Gasteiger partial charge in [0.2, 0.25) is 0 Å². The van der Waals surface area contributed by atoms with Crippen LogP contribution in [0.1, 0.15) is 38.3 Å². The Hall–Kier alpha value is -2.83. The van der Waals surface area contributed by atoms with Gasteiger partial charge >= 0.3 is 12.1 Å². The van der Waals surface area contributed by atoms with Crippen molar-refractivity contribution < 1.29 is 33.6 Å². The second kappa shape index (κ2) is 26.3. The van der Waals surface area contributed by atoms with Crippen LogP contribution in [0.15, 0.2) is 83.8 Å². The van der Waals surface area contributed by atoms with Crippen LogP contribution in [0, 0.1) is 6.92 Å². The number of aryl methyl sites for hydroxylation is 1. The number of para-hydroxylation sites is 1. The Morgan fingerprint density at radius 1 is 0.935 bits per heavy atom. The van der Waals surface area contributed by atoms with Crippen LogP contribution in [0.25, 0.3) is 0 Å². The quantitative estimate of drug-likeness (QED) is 0.0419. The summed E-state index contributed by atoms with van der Waals surface area (Å²) >= 11 is 5.19. The van der Waals surface area contributed by atoms with Crippen LogP contribution < -0.4 is 10.1 Å². The number of ether oxygens (including phenoxy) is 4. The summed E-state index contributed by atoms with van der Waals surface area (Å²) in [5.41, 5.74) is 5.40. The molecule has 0 aliphatic rings. The Morgan fingerprint density at radius 2 is 1.63 bits per heavy atom. The van der Waals surface area contributed by atoms with Gasteiger partial charge in [-0.15, -0.1) is 18.3 Å². The highest BCUT2D eigenvalue weighted by Crippen LogP contribution is 2.26. The number of rotatable bonds is 17. The van der Waals surface area contributed by atoms with Crippen LogP contribution in [0.5, 0.6) is 5.75 Å². The van der Waals surface area contributed by atoms with Crippen LogP contribution in [0.2, 0.25) is 0 Å². The van der Waals surface area contributed by atoms with E-state index < -0.39 is 18.2 Å². The van der Waals surface area contributed by atoms with Gasteiger partial charge in [-0.05, 0) is 93.5 Å². The fraction of sp³-hybridized carbons (Fsp3) is 0.429. The van der Waals surface area contributed by atoms with Gasteiger partial charge in [-0.3, -0.25) is 5.32 Å². The van der Waals surface area contributed by atoms with E-state index in [2.05, 4.69) is 44.3 Å². The van der Waals surface area contributed by atoms with Gasteiger partial charge in [0.25, 0.3) is 0 Å². The van der Waals surface area contributed by atoms with Crippen molar-refractivity contribution in [2.24, 2.45) is 0 Å². The molecule has 2 aromatic rings. The molecule has 0 aliphatic carbocycles. The molecule has 0 saturated heterocycles. The maximum absolute atomic E-state index is 11.6. The van der Waals surface area contributed by atoms with Crippen LogP contribution in [0.3, 0.4) is 0 Å². The molecule has 1 amide bonds. The molecule has 0 fully saturated rings. The molecule has 2 aromatic carbocycles. The number of aliphatic hydroxyl groups excluding tert-OH is 1. The minimum Gasteiger partial charge on any atom is -0.466 e. The average Bonchev–Trinajstić information content (AvgIpc) is 3.02. The number of carbonyl (C=O) groups excluding carboxylic acids is 2. The Labute approximate surface area is 288 Å². The Kier molecular flexibility index (Phi) is 24.6. The van der Waals surface area contributed by atoms with Crippen LogP contribution in [-0.2, 0) is 24.8 Å². The third-order valence-electron chi connectivity index (χ3n) is 5.46. The SMILES string of the molecule is C=C(C)C(=O)OCC(O)COCOc1ccccc1SC.C=C(C)CCSC.C=C(C)COC(=O)Nc1cc(CSC)ccc1C. The number of anilines is 1. The van der Waals surface area contributed by atoms with Crippen LogP contribution in [-0.4, -0.2) is 74.4 Å². The number of hydrogen-bond donors (Lipinski definition) is 2. The predicted molar refractivity (Wildman–Crippen MR) is 197 cm³/mol. The highest BCUT2D eigenvalue weighted by molar-refractivity contribution is 7.98. The van der Waals surface area contributed by atoms with Crippen molar-refractivity contribution in [2.45, 2.75) is 50.9 Å². The van der Waals surface area contributed by atoms with Crippen molar-refractivity contribution in [3.63, 3.8) is 0 Å². The maximum Gasteiger partial charge on any atom is 0.411 e. The van der Waals surface area contributed by atoms with Crippen molar-refractivity contribution >= 4 is 53.0 Å². The van der Waals surface area contributed by atoms with Gasteiger partial charge in [-0.1, -0.05) is 43.0 Å². The first-order valence-corrected chi connectivity index (χ1v) is 18.5. The summed E-state index contributed by atoms with van der Waals surface area (Å²) in [5.74, 6) is 2.35. The van der Waals surface area contributed by atoms with E-state index >= 15 is 0 Å². The number of benzene rings is 2. The summed E-state index contributed by atoms with van der Waals surface area (Å²) in [4.78, 5) is 23.7. The summed E-state index contributed by atoms with van der Waals surface area (Å²) in [7, 11) is 0. The molecule has 1 atom stereocenters. The number of aliphatic hydroxyl groups is 1. The topological polar surface area (TPSA) is 103 Å². The second-order valence-corrected chi connectivity index (χ2v) is 13.0. The van der Waals surface area contributed by atoms with E-state index in [1.54, 1.807) is 30.4 Å². The third kappa shape index (κ3) is 21.8. The predicted octanol–water partition coefficient (Wildman–Crippen LogP) is 8.54. The van der Waals surface area contributed by atoms with Gasteiger partial charge in [0.15, 0.2) is 6.79 Å². The Morgan fingerprint density at radius 3 is 2.20 bits per heavy atom. The Balaban J connectivity index is 0.000000737. The molecule has 11 heteroatoms. The zero-order valence-electron chi connectivity index (χ0n) is 28.3. The van der Waals surface area contributed by atoms with Crippen molar-refractivity contribution in [3.05, 3.63) is 90.0 Å². The molecule has 0 radical (unpaired) electrons. The lowest BCUT2D eigenvalue weighted by Gasteiger charge is -2.13. The molecule has 0 heterocycles. The fourth-order valence-corrected chi connectivity index (χ4v) is 4.65. The van der Waals surface area contributed by atoms with E-state index in [0.29, 0.717) is 5.57 Å². The highest BCUT2D eigenvalue weighted by Gasteiger charge is 2.10. The van der Waals surface area contributed by atoms with Gasteiger partial charge in [0.1, 0.15) is 25.1 Å². The van der Waals surface area contributed by atoms with E-state index in [0.717, 1.165) is 33.2 Å². The molecule has 0 aromatic heterocycles. The highest BCUT2D eigenvalue weighted by atomic mass is 32.2. The molecule has 0 bridgehead atoms. The molecule has 8 nitrogen and oxygen atoms in total. The molecule has 0 saturated carbocycles. The smallest absolute Gasteiger partial charge is 0.411 e. The summed E-state index contributed by atoms with van der Waals surface area (Å²) in [6.07, 6.45) is 5.95. The second-order valence-electron chi connectivity index (χ2n) is 10.3. The molecule has 2 N–H and O–H groups in total. The standard InChI is InChI=1S/C15H20O5S.C14H19NO2S.C6H12S/c1-11(2)15(17)19-9-12(16)8-18-10-20-13-6-4-5-7-14(13)21-3;1-10(2)8-17-14(16)15-13-7-12(9-18-4)6-5-11(13)3;1-6(2)4-5-7-3/h4-7,12,16H,1,8-10H2,2-3H3;5-7H,1,8-9H2,2-4H3,(H,15,16);1,4-5H2,2-3H3. The van der Waals surface area contributed by atoms with Gasteiger partial charge in [0, 0.05) is 21.9 Å². The lowest BCUT2D eigenvalue weighted by Crippen LogP contribution is -2.24. The lowest BCUT2D eigenvalue weighted by atomic mass is 10.1. The molecule has 46 heavy (non-hydrogen) atoms. The third-order valence-corrected chi connectivity index (χ3v) is 7.48. The normalized spacial score (nSPS) is 10.6. The van der Waals surface area contributed by atoms with E-state index in [9.17, 15) is 14.7 Å². The molecule has 0 spiro atoms. The average molecular weight is 694 g/mol. The van der Waals surface area contributed by atoms with Crippen molar-refractivity contribution in [3.8, 4) is 5.75 Å². The van der Waals surface area contributed by atoms with E-state index in [-0.39, 0.29) is 26.6 Å². The first kappa shape index (κ1) is 43.2. The van der Waals surface area contributed by atoms with Crippen molar-refractivity contribution in [1.82, 2.24) is 0 Å². The summed E-state index contributed by atoms with van der Waals surface area (Å²) in [6.45, 7) is 18.4. The number of amides is 1. The number of hydrogen-bond acceptors (Lipinski definition) is 10. The summed E-state index contributed by atoms with van der Waals surface area (Å²) in [5, 5.41) is 12.3.